The van der Waals surface area contributed by atoms with Gasteiger partial charge in [-0.2, -0.15) is 7.05 Å². The smallest absolute Gasteiger partial charge is 0.289 e. The maximum Gasteiger partial charge on any atom is 0.289 e. The molecular formula is C6H11F2NO. The van der Waals surface area contributed by atoms with E-state index in [4.69, 9.17) is 4.74 Å². The van der Waals surface area contributed by atoms with Crippen molar-refractivity contribution in [3.05, 3.63) is 7.05 Å². The minimum absolute atomic E-state index is 0.135. The van der Waals surface area contributed by atoms with E-state index >= 15 is 0 Å². The summed E-state index contributed by atoms with van der Waals surface area (Å²) in [7, 11) is 3.56. The monoisotopic (exact) mass is 151 g/mol. The maximum atomic E-state index is 12.0. The van der Waals surface area contributed by atoms with Crippen LogP contribution in [0.5, 0.6) is 0 Å². The van der Waals surface area contributed by atoms with Crippen LogP contribution in [0.4, 0.5) is 8.78 Å². The number of nitrogens with one attached hydrogen (secondary N) is 1. The molecule has 1 aliphatic rings. The molecule has 0 radical (unpaired) electrons. The van der Waals surface area contributed by atoms with Crippen LogP contribution in [0.3, 0.4) is 0 Å². The van der Waals surface area contributed by atoms with E-state index in [1.165, 1.54) is 0 Å². The first kappa shape index (κ1) is 7.88. The van der Waals surface area contributed by atoms with Gasteiger partial charge in [-0.25, -0.2) is 8.78 Å². The highest BCUT2D eigenvalue weighted by atomic mass is 19.3. The van der Waals surface area contributed by atoms with Crippen molar-refractivity contribution in [1.82, 2.24) is 0 Å². The lowest BCUT2D eigenvalue weighted by atomic mass is 10.2. The minimum atomic E-state index is -2.31. The minimum Gasteiger partial charge on any atom is -0.457 e. The first-order chi connectivity index (χ1) is 4.72. The molecular weight excluding hydrogens is 140 g/mol. The Morgan fingerprint density at radius 3 is 2.70 bits per heavy atom. The van der Waals surface area contributed by atoms with E-state index in [1.807, 2.05) is 0 Å². The molecule has 0 aromatic heterocycles. The highest BCUT2D eigenvalue weighted by Gasteiger charge is 2.28. The molecule has 1 rings (SSSR count). The fraction of sp³-hybridized carbons (Fsp3) is 0.833. The maximum absolute atomic E-state index is 12.0. The van der Waals surface area contributed by atoms with E-state index in [0.29, 0.717) is 18.1 Å². The standard InChI is InChI=1S/C6H11F2NO/c1-9-2-3-10-4-5(9)6(7)8/h5-6,9H,1-4H2. The van der Waals surface area contributed by atoms with Gasteiger partial charge in [0.05, 0.1) is 13.2 Å². The Balaban J connectivity index is 2.40. The lowest BCUT2D eigenvalue weighted by Gasteiger charge is -2.33. The third-order valence-electron chi connectivity index (χ3n) is 1.69. The predicted molar refractivity (Wildman–Crippen MR) is 31.8 cm³/mol. The van der Waals surface area contributed by atoms with Gasteiger partial charge < -0.3 is 9.64 Å². The second-order valence-corrected chi connectivity index (χ2v) is 2.42. The lowest BCUT2D eigenvalue weighted by molar-refractivity contribution is -0.895. The van der Waals surface area contributed by atoms with Crippen LogP contribution in [0.1, 0.15) is 0 Å². The fourth-order valence-corrected chi connectivity index (χ4v) is 0.968. The molecule has 1 saturated heterocycles. The Morgan fingerprint density at radius 2 is 2.30 bits per heavy atom. The molecule has 1 fully saturated rings. The predicted octanol–water partition coefficient (Wildman–Crippen LogP) is -0.673. The second-order valence-electron chi connectivity index (χ2n) is 2.42. The summed E-state index contributed by atoms with van der Waals surface area (Å²) >= 11 is 0. The Labute approximate surface area is 58.8 Å². The highest BCUT2D eigenvalue weighted by molar-refractivity contribution is 4.60. The molecule has 10 heavy (non-hydrogen) atoms. The van der Waals surface area contributed by atoms with E-state index in [1.54, 1.807) is 0 Å². The summed E-state index contributed by atoms with van der Waals surface area (Å²) in [4.78, 5) is 0.626. The Morgan fingerprint density at radius 1 is 1.60 bits per heavy atom. The van der Waals surface area contributed by atoms with Crippen molar-refractivity contribution in [2.24, 2.45) is 0 Å². The van der Waals surface area contributed by atoms with Gasteiger partial charge in [0.1, 0.15) is 12.6 Å². The van der Waals surface area contributed by atoms with Crippen LogP contribution in [0.2, 0.25) is 0 Å². The normalized spacial score (nSPS) is 34.8. The zero-order valence-corrected chi connectivity index (χ0v) is 5.65. The summed E-state index contributed by atoms with van der Waals surface area (Å²) in [6.07, 6.45) is -2.31. The van der Waals surface area contributed by atoms with Gasteiger partial charge in [0, 0.05) is 0 Å². The van der Waals surface area contributed by atoms with Crippen molar-refractivity contribution >= 4 is 0 Å². The van der Waals surface area contributed by atoms with Crippen LogP contribution in [0.15, 0.2) is 0 Å². The van der Waals surface area contributed by atoms with Gasteiger partial charge in [-0.1, -0.05) is 0 Å². The molecule has 1 N–H and O–H groups in total. The quantitative estimate of drug-likeness (QED) is 0.490. The van der Waals surface area contributed by atoms with E-state index in [0.717, 1.165) is 0 Å². The summed E-state index contributed by atoms with van der Waals surface area (Å²) in [6, 6.07) is -0.728. The molecule has 0 saturated carbocycles. The molecule has 2 unspecified atom stereocenters. The Kier molecular flexibility index (Phi) is 2.56. The van der Waals surface area contributed by atoms with Gasteiger partial charge in [-0.15, -0.1) is 0 Å². The van der Waals surface area contributed by atoms with Crippen LogP contribution < -0.4 is 4.90 Å². The largest absolute Gasteiger partial charge is 0.457 e. The SMILES string of the molecule is [CH2-][NH+]1CCOCC1C(F)F. The third-order valence-corrected chi connectivity index (χ3v) is 1.69. The number of halogens is 2. The van der Waals surface area contributed by atoms with Gasteiger partial charge in [0.2, 0.25) is 0 Å². The molecule has 0 aromatic carbocycles. The molecule has 0 amide bonds. The van der Waals surface area contributed by atoms with Crippen LogP contribution in [0.25, 0.3) is 0 Å². The molecule has 1 aliphatic heterocycles. The topological polar surface area (TPSA) is 13.7 Å². The number of hydrogen-bond acceptors (Lipinski definition) is 1. The van der Waals surface area contributed by atoms with Crippen molar-refractivity contribution < 1.29 is 18.4 Å². The molecule has 0 bridgehead atoms. The first-order valence-corrected chi connectivity index (χ1v) is 3.25. The molecule has 4 heteroatoms. The number of quaternary nitrogens is 1. The summed E-state index contributed by atoms with van der Waals surface area (Å²) in [6.45, 7) is 1.26. The molecule has 0 aromatic rings. The van der Waals surface area contributed by atoms with Crippen LogP contribution in [-0.2, 0) is 4.74 Å². The van der Waals surface area contributed by atoms with Crippen LogP contribution >= 0.6 is 0 Å². The van der Waals surface area contributed by atoms with E-state index in [2.05, 4.69) is 7.05 Å². The summed E-state index contributed by atoms with van der Waals surface area (Å²) < 4.78 is 28.9. The van der Waals surface area contributed by atoms with Gasteiger partial charge in [0.25, 0.3) is 6.43 Å². The van der Waals surface area contributed by atoms with Crippen LogP contribution in [0, 0.1) is 7.05 Å². The molecule has 60 valence electrons. The lowest BCUT2D eigenvalue weighted by Crippen LogP contribution is -3.14. The first-order valence-electron chi connectivity index (χ1n) is 3.25. The average molecular weight is 151 g/mol. The zero-order valence-electron chi connectivity index (χ0n) is 5.65. The fourth-order valence-electron chi connectivity index (χ4n) is 0.968. The zero-order chi connectivity index (χ0) is 7.56. The molecule has 2 atom stereocenters. The molecule has 0 spiro atoms. The molecule has 0 aliphatic carbocycles. The van der Waals surface area contributed by atoms with Crippen LogP contribution in [-0.4, -0.2) is 32.2 Å². The highest BCUT2D eigenvalue weighted by Crippen LogP contribution is 1.99. The number of alkyl halides is 2. The summed E-state index contributed by atoms with van der Waals surface area (Å²) in [5, 5.41) is 0. The van der Waals surface area contributed by atoms with Crippen molar-refractivity contribution in [2.75, 3.05) is 19.8 Å². The summed E-state index contributed by atoms with van der Waals surface area (Å²) in [5.41, 5.74) is 0. The van der Waals surface area contributed by atoms with Crippen molar-refractivity contribution in [3.63, 3.8) is 0 Å². The number of hydrogen-bond donors (Lipinski definition) is 1. The Bertz CT molecular complexity index is 110. The third kappa shape index (κ3) is 1.64. The molecule has 2 nitrogen and oxygen atoms in total. The van der Waals surface area contributed by atoms with E-state index in [-0.39, 0.29) is 6.61 Å². The van der Waals surface area contributed by atoms with Gasteiger partial charge >= 0.3 is 0 Å². The summed E-state index contributed by atoms with van der Waals surface area (Å²) in [5.74, 6) is 0. The van der Waals surface area contributed by atoms with Gasteiger partial charge in [-0.05, 0) is 0 Å². The van der Waals surface area contributed by atoms with Crippen molar-refractivity contribution in [2.45, 2.75) is 12.5 Å². The second kappa shape index (κ2) is 3.25. The number of rotatable bonds is 1. The van der Waals surface area contributed by atoms with Crippen molar-refractivity contribution in [3.8, 4) is 0 Å². The Hall–Kier alpha value is -0.220. The molecule has 1 heterocycles. The van der Waals surface area contributed by atoms with E-state index < -0.39 is 12.5 Å². The van der Waals surface area contributed by atoms with Gasteiger partial charge in [-0.3, -0.25) is 0 Å². The number of morpholine rings is 1. The van der Waals surface area contributed by atoms with Crippen molar-refractivity contribution in [1.29, 1.82) is 0 Å². The van der Waals surface area contributed by atoms with Gasteiger partial charge in [0.15, 0.2) is 0 Å². The number of ether oxygens (including phenoxy) is 1. The van der Waals surface area contributed by atoms with E-state index in [9.17, 15) is 8.78 Å². The average Bonchev–Trinajstić information content (AvgIpc) is 1.88.